The molecular formula is C27H21NO3S. The van der Waals surface area contributed by atoms with Crippen LogP contribution in [0.15, 0.2) is 131 Å². The third kappa shape index (κ3) is 3.57. The summed E-state index contributed by atoms with van der Waals surface area (Å²) in [7, 11) is -3.86. The number of para-hydroxylation sites is 1. The minimum atomic E-state index is -3.86. The van der Waals surface area contributed by atoms with E-state index in [0.717, 1.165) is 11.3 Å². The van der Waals surface area contributed by atoms with E-state index in [4.69, 9.17) is 4.84 Å². The van der Waals surface area contributed by atoms with Crippen molar-refractivity contribution in [2.45, 2.75) is 10.9 Å². The molecule has 32 heavy (non-hydrogen) atoms. The zero-order valence-corrected chi connectivity index (χ0v) is 18.0. The van der Waals surface area contributed by atoms with Gasteiger partial charge >= 0.3 is 0 Å². The average molecular weight is 440 g/mol. The molecule has 4 aromatic carbocycles. The molecule has 1 aliphatic rings. The lowest BCUT2D eigenvalue weighted by molar-refractivity contribution is 0.247. The Morgan fingerprint density at radius 1 is 0.625 bits per heavy atom. The molecule has 0 spiro atoms. The number of hydrogen-bond acceptors (Lipinski definition) is 4. The van der Waals surface area contributed by atoms with Gasteiger partial charge in [-0.25, -0.2) is 8.42 Å². The lowest BCUT2D eigenvalue weighted by Crippen LogP contribution is -2.25. The molecule has 4 aromatic rings. The van der Waals surface area contributed by atoms with E-state index in [9.17, 15) is 8.42 Å². The normalized spacial score (nSPS) is 16.1. The highest BCUT2D eigenvalue weighted by Crippen LogP contribution is 2.48. The number of nitrogens with zero attached hydrogens (tertiary/aromatic N) is 1. The SMILES string of the molecule is O=S(=O)(C1=C(c2ccccc2)ON(c2ccccc2)C1c1ccccc1)c1ccccc1. The Labute approximate surface area is 187 Å². The zero-order valence-electron chi connectivity index (χ0n) is 17.2. The second-order valence-corrected chi connectivity index (χ2v) is 9.36. The van der Waals surface area contributed by atoms with Crippen molar-refractivity contribution in [3.63, 3.8) is 0 Å². The maximum Gasteiger partial charge on any atom is 0.209 e. The van der Waals surface area contributed by atoms with Crippen molar-refractivity contribution in [2.75, 3.05) is 5.06 Å². The summed E-state index contributed by atoms with van der Waals surface area (Å²) in [6, 6.07) is 36.4. The van der Waals surface area contributed by atoms with Gasteiger partial charge in [0, 0.05) is 5.56 Å². The molecule has 0 aliphatic carbocycles. The smallest absolute Gasteiger partial charge is 0.209 e. The molecule has 0 amide bonds. The monoisotopic (exact) mass is 439 g/mol. The molecule has 5 rings (SSSR count). The summed E-state index contributed by atoms with van der Waals surface area (Å²) in [4.78, 5) is 6.82. The van der Waals surface area contributed by atoms with Crippen LogP contribution in [-0.2, 0) is 14.7 Å². The van der Waals surface area contributed by atoms with Crippen LogP contribution in [0.25, 0.3) is 5.76 Å². The minimum Gasteiger partial charge on any atom is -0.377 e. The van der Waals surface area contributed by atoms with E-state index in [0.29, 0.717) is 11.3 Å². The Morgan fingerprint density at radius 3 is 1.72 bits per heavy atom. The molecule has 0 radical (unpaired) electrons. The molecule has 1 atom stereocenters. The van der Waals surface area contributed by atoms with Crippen molar-refractivity contribution < 1.29 is 13.3 Å². The fraction of sp³-hybridized carbons (Fsp3) is 0.0370. The first-order chi connectivity index (χ1) is 15.7. The van der Waals surface area contributed by atoms with Gasteiger partial charge in [-0.2, -0.15) is 5.06 Å². The van der Waals surface area contributed by atoms with Gasteiger partial charge in [-0.1, -0.05) is 97.1 Å². The molecule has 0 saturated carbocycles. The van der Waals surface area contributed by atoms with Gasteiger partial charge in [0.15, 0.2) is 5.76 Å². The molecule has 1 unspecified atom stereocenters. The second-order valence-electron chi connectivity index (χ2n) is 7.44. The van der Waals surface area contributed by atoms with Crippen molar-refractivity contribution in [2.24, 2.45) is 0 Å². The lowest BCUT2D eigenvalue weighted by atomic mass is 10.0. The van der Waals surface area contributed by atoms with E-state index < -0.39 is 15.9 Å². The van der Waals surface area contributed by atoms with Crippen molar-refractivity contribution in [1.82, 2.24) is 0 Å². The third-order valence-corrected chi connectivity index (χ3v) is 7.28. The van der Waals surface area contributed by atoms with Gasteiger partial charge in [-0.05, 0) is 29.8 Å². The van der Waals surface area contributed by atoms with Gasteiger partial charge in [-0.15, -0.1) is 0 Å². The molecule has 1 heterocycles. The van der Waals surface area contributed by atoms with E-state index in [1.54, 1.807) is 29.3 Å². The Kier molecular flexibility index (Phi) is 5.25. The van der Waals surface area contributed by atoms with E-state index >= 15 is 0 Å². The molecule has 158 valence electrons. The predicted molar refractivity (Wildman–Crippen MR) is 126 cm³/mol. The summed E-state index contributed by atoms with van der Waals surface area (Å²) in [6.45, 7) is 0. The standard InChI is InChI=1S/C27H21NO3S/c29-32(30,24-19-11-4-12-20-24)27-25(21-13-5-1-6-14-21)28(23-17-9-3-10-18-23)31-26(27)22-15-7-2-8-16-22/h1-20,25H. The molecule has 0 N–H and O–H groups in total. The molecule has 0 bridgehead atoms. The molecule has 0 saturated heterocycles. The average Bonchev–Trinajstić information content (AvgIpc) is 3.28. The summed E-state index contributed by atoms with van der Waals surface area (Å²) >= 11 is 0. The minimum absolute atomic E-state index is 0.227. The quantitative estimate of drug-likeness (QED) is 0.381. The van der Waals surface area contributed by atoms with Crippen molar-refractivity contribution in [3.8, 4) is 0 Å². The van der Waals surface area contributed by atoms with Gasteiger partial charge in [0.1, 0.15) is 10.9 Å². The van der Waals surface area contributed by atoms with Crippen molar-refractivity contribution >= 4 is 21.3 Å². The zero-order chi connectivity index (χ0) is 22.0. The summed E-state index contributed by atoms with van der Waals surface area (Å²) in [5, 5.41) is 1.69. The highest BCUT2D eigenvalue weighted by Gasteiger charge is 2.44. The van der Waals surface area contributed by atoms with Crippen molar-refractivity contribution in [1.29, 1.82) is 0 Å². The largest absolute Gasteiger partial charge is 0.377 e. The molecule has 4 nitrogen and oxygen atoms in total. The summed E-state index contributed by atoms with van der Waals surface area (Å²) < 4.78 is 28.0. The van der Waals surface area contributed by atoms with Gasteiger partial charge in [0.05, 0.1) is 10.6 Å². The number of anilines is 1. The first kappa shape index (κ1) is 20.1. The molecule has 0 fully saturated rings. The van der Waals surface area contributed by atoms with Gasteiger partial charge in [0.25, 0.3) is 0 Å². The van der Waals surface area contributed by atoms with Crippen LogP contribution in [-0.4, -0.2) is 8.42 Å². The Balaban J connectivity index is 1.79. The predicted octanol–water partition coefficient (Wildman–Crippen LogP) is 6.02. The lowest BCUT2D eigenvalue weighted by Gasteiger charge is -2.26. The maximum absolute atomic E-state index is 14.0. The molecule has 1 aliphatic heterocycles. The highest BCUT2D eigenvalue weighted by atomic mass is 32.2. The first-order valence-corrected chi connectivity index (χ1v) is 11.8. The van der Waals surface area contributed by atoms with E-state index in [2.05, 4.69) is 0 Å². The number of hydroxylamine groups is 1. The summed E-state index contributed by atoms with van der Waals surface area (Å²) in [5.74, 6) is 0.340. The Hall–Kier alpha value is -3.83. The Morgan fingerprint density at radius 2 is 1.12 bits per heavy atom. The van der Waals surface area contributed by atoms with Crippen LogP contribution < -0.4 is 5.06 Å². The van der Waals surface area contributed by atoms with Gasteiger partial charge < -0.3 is 4.84 Å². The van der Waals surface area contributed by atoms with Crippen LogP contribution in [0, 0.1) is 0 Å². The topological polar surface area (TPSA) is 46.6 Å². The molecule has 0 aromatic heterocycles. The third-order valence-electron chi connectivity index (χ3n) is 5.40. The highest BCUT2D eigenvalue weighted by molar-refractivity contribution is 7.95. The van der Waals surface area contributed by atoms with Crippen molar-refractivity contribution in [3.05, 3.63) is 137 Å². The van der Waals surface area contributed by atoms with Crippen LogP contribution in [0.5, 0.6) is 0 Å². The second kappa shape index (κ2) is 8.36. The number of sulfone groups is 1. The Bertz CT molecular complexity index is 1340. The van der Waals surface area contributed by atoms with Crippen LogP contribution in [0.1, 0.15) is 17.2 Å². The van der Waals surface area contributed by atoms with E-state index in [-0.39, 0.29) is 9.80 Å². The van der Waals surface area contributed by atoms with Gasteiger partial charge in [-0.3, -0.25) is 0 Å². The molecular weight excluding hydrogens is 418 g/mol. The van der Waals surface area contributed by atoms with E-state index in [1.807, 2.05) is 97.1 Å². The fourth-order valence-electron chi connectivity index (χ4n) is 3.91. The number of rotatable bonds is 5. The van der Waals surface area contributed by atoms with Crippen LogP contribution in [0.2, 0.25) is 0 Å². The first-order valence-electron chi connectivity index (χ1n) is 10.3. The van der Waals surface area contributed by atoms with E-state index in [1.165, 1.54) is 0 Å². The van der Waals surface area contributed by atoms with Crippen LogP contribution in [0.3, 0.4) is 0 Å². The summed E-state index contributed by atoms with van der Waals surface area (Å²) in [5.41, 5.74) is 2.31. The number of hydrogen-bond donors (Lipinski definition) is 0. The molecule has 5 heteroatoms. The van der Waals surface area contributed by atoms with Gasteiger partial charge in [0.2, 0.25) is 9.84 Å². The fourth-order valence-corrected chi connectivity index (χ4v) is 5.60. The summed E-state index contributed by atoms with van der Waals surface area (Å²) in [6.07, 6.45) is 0. The number of benzene rings is 4. The van der Waals surface area contributed by atoms with Crippen LogP contribution >= 0.6 is 0 Å². The van der Waals surface area contributed by atoms with Crippen LogP contribution in [0.4, 0.5) is 5.69 Å². The maximum atomic E-state index is 14.0.